The van der Waals surface area contributed by atoms with Gasteiger partial charge in [0.2, 0.25) is 15.9 Å². The number of anilines is 1. The lowest BCUT2D eigenvalue weighted by atomic mass is 10.3. The van der Waals surface area contributed by atoms with Gasteiger partial charge in [-0.15, -0.1) is 0 Å². The predicted molar refractivity (Wildman–Crippen MR) is 76.8 cm³/mol. The van der Waals surface area contributed by atoms with Crippen molar-refractivity contribution in [2.75, 3.05) is 11.4 Å². The Kier molecular flexibility index (Phi) is 4.25. The number of carbonyl (C=O) groups is 1. The summed E-state index contributed by atoms with van der Waals surface area (Å²) in [5.41, 5.74) is 0.421. The highest BCUT2D eigenvalue weighted by atomic mass is 35.5. The molecule has 0 saturated carbocycles. The van der Waals surface area contributed by atoms with Crippen LogP contribution in [0.2, 0.25) is 5.02 Å². The average molecular weight is 332 g/mol. The molecule has 20 heavy (non-hydrogen) atoms. The van der Waals surface area contributed by atoms with Gasteiger partial charge in [-0.05, 0) is 30.0 Å². The van der Waals surface area contributed by atoms with E-state index in [1.807, 2.05) is 5.40 Å². The van der Waals surface area contributed by atoms with Crippen LogP contribution in [0.5, 0.6) is 0 Å². The van der Waals surface area contributed by atoms with Crippen molar-refractivity contribution in [1.29, 1.82) is 5.26 Å². The lowest BCUT2D eigenvalue weighted by Gasteiger charge is -2.18. The van der Waals surface area contributed by atoms with E-state index in [0.29, 0.717) is 10.6 Å². The molecule has 2 N–H and O–H groups in total. The molecule has 9 heteroatoms. The number of hydrogen-bond donors (Lipinski definition) is 1. The maximum absolute atomic E-state index is 11.9. The highest BCUT2D eigenvalue weighted by Crippen LogP contribution is 2.33. The number of thiocyanates is 1. The molecule has 1 fully saturated rings. The number of rotatable bonds is 3. The van der Waals surface area contributed by atoms with E-state index in [-0.39, 0.29) is 23.9 Å². The molecule has 1 amide bonds. The molecule has 0 bridgehead atoms. The summed E-state index contributed by atoms with van der Waals surface area (Å²) in [6.45, 7) is -0.0118. The third-order valence-electron chi connectivity index (χ3n) is 2.93. The third kappa shape index (κ3) is 3.07. The Bertz CT molecular complexity index is 699. The molecule has 1 aromatic carbocycles. The number of benzene rings is 1. The number of carbonyl (C=O) groups excluding carboxylic acids is 1. The number of nitrogens with two attached hydrogens (primary N) is 1. The first-order valence-electron chi connectivity index (χ1n) is 5.50. The van der Waals surface area contributed by atoms with E-state index < -0.39 is 15.3 Å². The van der Waals surface area contributed by atoms with Gasteiger partial charge in [-0.1, -0.05) is 11.6 Å². The van der Waals surface area contributed by atoms with Crippen LogP contribution in [0.25, 0.3) is 0 Å². The van der Waals surface area contributed by atoms with E-state index in [1.165, 1.54) is 4.90 Å². The Labute approximate surface area is 125 Å². The second-order valence-corrected chi connectivity index (χ2v) is 7.34. The van der Waals surface area contributed by atoms with Crippen molar-refractivity contribution in [2.24, 2.45) is 5.14 Å². The molecule has 0 spiro atoms. The van der Waals surface area contributed by atoms with Crippen LogP contribution in [-0.4, -0.2) is 26.1 Å². The Morgan fingerprint density at radius 3 is 2.70 bits per heavy atom. The van der Waals surface area contributed by atoms with E-state index in [4.69, 9.17) is 22.0 Å². The number of hydrogen-bond acceptors (Lipinski definition) is 5. The van der Waals surface area contributed by atoms with Gasteiger partial charge in [-0.25, -0.2) is 13.6 Å². The number of thioether (sulfide) groups is 1. The third-order valence-corrected chi connectivity index (χ3v) is 5.06. The van der Waals surface area contributed by atoms with Gasteiger partial charge < -0.3 is 4.90 Å². The monoisotopic (exact) mass is 331 g/mol. The van der Waals surface area contributed by atoms with Crippen molar-refractivity contribution in [3.63, 3.8) is 0 Å². The highest BCUT2D eigenvalue weighted by molar-refractivity contribution is 8.03. The average Bonchev–Trinajstić information content (AvgIpc) is 2.72. The van der Waals surface area contributed by atoms with Crippen LogP contribution in [0, 0.1) is 10.7 Å². The molecule has 2 rings (SSSR count). The summed E-state index contributed by atoms with van der Waals surface area (Å²) in [5.74, 6) is -0.341. The smallest absolute Gasteiger partial charge is 0.228 e. The second kappa shape index (κ2) is 5.61. The van der Waals surface area contributed by atoms with Gasteiger partial charge in [0.1, 0.15) is 10.7 Å². The van der Waals surface area contributed by atoms with Crippen molar-refractivity contribution in [2.45, 2.75) is 16.6 Å². The molecule has 1 heterocycles. The summed E-state index contributed by atoms with van der Waals surface area (Å²) in [6, 6.07) is 4.79. The molecule has 1 aliphatic heterocycles. The standard InChI is InChI=1S/C11H10ClN3O3S2/c12-9-3-7(19-6-13)1-2-10(9)15-5-8(4-11(15)16)20(14,17)18/h1-3,8H,4-5H2,(H2,14,17,18). The van der Waals surface area contributed by atoms with E-state index in [2.05, 4.69) is 0 Å². The van der Waals surface area contributed by atoms with Gasteiger partial charge >= 0.3 is 0 Å². The second-order valence-electron chi connectivity index (χ2n) is 4.23. The summed E-state index contributed by atoms with van der Waals surface area (Å²) >= 11 is 7.02. The Morgan fingerprint density at radius 2 is 2.20 bits per heavy atom. The zero-order valence-electron chi connectivity index (χ0n) is 10.1. The van der Waals surface area contributed by atoms with Gasteiger partial charge in [0, 0.05) is 17.9 Å². The van der Waals surface area contributed by atoms with Crippen molar-refractivity contribution in [1.82, 2.24) is 0 Å². The van der Waals surface area contributed by atoms with Gasteiger partial charge in [0.25, 0.3) is 0 Å². The summed E-state index contributed by atoms with van der Waals surface area (Å²) in [6.07, 6.45) is -0.149. The Morgan fingerprint density at radius 1 is 1.50 bits per heavy atom. The fourth-order valence-electron chi connectivity index (χ4n) is 1.95. The molecule has 106 valence electrons. The maximum atomic E-state index is 11.9. The summed E-state index contributed by atoms with van der Waals surface area (Å²) in [5, 5.41) is 14.9. The number of nitrogens with zero attached hydrogens (tertiary/aromatic N) is 2. The topological polar surface area (TPSA) is 104 Å². The zero-order valence-corrected chi connectivity index (χ0v) is 12.5. The summed E-state index contributed by atoms with van der Waals surface area (Å²) in [7, 11) is -3.76. The van der Waals surface area contributed by atoms with Crippen LogP contribution in [0.4, 0.5) is 5.69 Å². The number of amides is 1. The SMILES string of the molecule is N#CSc1ccc(N2CC(S(N)(=O)=O)CC2=O)c(Cl)c1. The number of halogens is 1. The molecule has 1 atom stereocenters. The molecule has 1 aromatic rings. The van der Waals surface area contributed by atoms with E-state index in [9.17, 15) is 13.2 Å². The minimum Gasteiger partial charge on any atom is -0.310 e. The molecule has 1 unspecified atom stereocenters. The van der Waals surface area contributed by atoms with Crippen molar-refractivity contribution >= 4 is 45.0 Å². The van der Waals surface area contributed by atoms with Crippen LogP contribution in [-0.2, 0) is 14.8 Å². The fourth-order valence-corrected chi connectivity index (χ4v) is 3.45. The molecular weight excluding hydrogens is 322 g/mol. The molecule has 0 aliphatic carbocycles. The predicted octanol–water partition coefficient (Wildman–Crippen LogP) is 1.31. The van der Waals surface area contributed by atoms with Crippen LogP contribution in [0.3, 0.4) is 0 Å². The van der Waals surface area contributed by atoms with Crippen LogP contribution in [0.1, 0.15) is 6.42 Å². The minimum absolute atomic E-state index is 0.0118. The van der Waals surface area contributed by atoms with Gasteiger partial charge in [-0.3, -0.25) is 4.79 Å². The van der Waals surface area contributed by atoms with Crippen LogP contribution >= 0.6 is 23.4 Å². The minimum atomic E-state index is -3.76. The fraction of sp³-hybridized carbons (Fsp3) is 0.273. The summed E-state index contributed by atoms with van der Waals surface area (Å²) in [4.78, 5) is 13.8. The molecule has 6 nitrogen and oxygen atoms in total. The summed E-state index contributed by atoms with van der Waals surface area (Å²) < 4.78 is 22.6. The van der Waals surface area contributed by atoms with Gasteiger partial charge in [-0.2, -0.15) is 5.26 Å². The first-order valence-corrected chi connectivity index (χ1v) is 8.31. The molecule has 1 aliphatic rings. The highest BCUT2D eigenvalue weighted by Gasteiger charge is 2.37. The van der Waals surface area contributed by atoms with Crippen molar-refractivity contribution in [3.8, 4) is 5.40 Å². The quantitative estimate of drug-likeness (QED) is 0.664. The van der Waals surface area contributed by atoms with Gasteiger partial charge in [0.05, 0.1) is 10.7 Å². The van der Waals surface area contributed by atoms with E-state index >= 15 is 0 Å². The number of nitriles is 1. The lowest BCUT2D eigenvalue weighted by Crippen LogP contribution is -2.32. The molecule has 0 aromatic heterocycles. The molecule has 1 saturated heterocycles. The normalized spacial score (nSPS) is 19.1. The van der Waals surface area contributed by atoms with E-state index in [0.717, 1.165) is 11.8 Å². The van der Waals surface area contributed by atoms with Crippen LogP contribution < -0.4 is 10.0 Å². The first kappa shape index (κ1) is 15.1. The van der Waals surface area contributed by atoms with Crippen molar-refractivity contribution < 1.29 is 13.2 Å². The first-order chi connectivity index (χ1) is 9.32. The van der Waals surface area contributed by atoms with Crippen LogP contribution in [0.15, 0.2) is 23.1 Å². The Balaban J connectivity index is 2.29. The lowest BCUT2D eigenvalue weighted by molar-refractivity contribution is -0.117. The largest absolute Gasteiger partial charge is 0.310 e. The molecule has 0 radical (unpaired) electrons. The number of sulfonamides is 1. The number of primary sulfonamides is 1. The van der Waals surface area contributed by atoms with E-state index in [1.54, 1.807) is 18.2 Å². The molecular formula is C11H10ClN3O3S2. The zero-order chi connectivity index (χ0) is 14.9. The maximum Gasteiger partial charge on any atom is 0.228 e. The Hall–Kier alpha value is -1.27. The van der Waals surface area contributed by atoms with Crippen molar-refractivity contribution in [3.05, 3.63) is 23.2 Å². The van der Waals surface area contributed by atoms with Gasteiger partial charge in [0.15, 0.2) is 0 Å².